The van der Waals surface area contributed by atoms with Crippen molar-refractivity contribution in [2.24, 2.45) is 5.73 Å². The minimum absolute atomic E-state index is 0.0462. The zero-order valence-corrected chi connectivity index (χ0v) is 16.2. The minimum atomic E-state index is -0.724. The van der Waals surface area contributed by atoms with E-state index in [1.165, 1.54) is 0 Å². The van der Waals surface area contributed by atoms with Crippen molar-refractivity contribution in [2.45, 2.75) is 19.4 Å². The number of nitrogens with two attached hydrogens (primary N) is 1. The third-order valence-electron chi connectivity index (χ3n) is 4.96. The van der Waals surface area contributed by atoms with Crippen LogP contribution in [0.4, 0.5) is 5.82 Å². The topological polar surface area (TPSA) is 91.6 Å². The second-order valence-electron chi connectivity index (χ2n) is 6.99. The number of nitrogens with zero attached hydrogens (tertiary/aromatic N) is 3. The van der Waals surface area contributed by atoms with Crippen molar-refractivity contribution in [2.75, 3.05) is 37.6 Å². The average molecular weight is 381 g/mol. The molecular formula is C21H27N5O2. The number of hydrogen-bond donors (Lipinski definition) is 2. The summed E-state index contributed by atoms with van der Waals surface area (Å²) in [6.45, 7) is 5.11. The number of aromatic nitrogens is 1. The van der Waals surface area contributed by atoms with E-state index in [9.17, 15) is 9.59 Å². The summed E-state index contributed by atoms with van der Waals surface area (Å²) in [5.41, 5.74) is 7.88. The predicted octanol–water partition coefficient (Wildman–Crippen LogP) is 1.24. The molecule has 2 amide bonds. The summed E-state index contributed by atoms with van der Waals surface area (Å²) in [5, 5.41) is 2.77. The molecule has 0 saturated carbocycles. The van der Waals surface area contributed by atoms with Crippen molar-refractivity contribution >= 4 is 17.6 Å². The molecule has 28 heavy (non-hydrogen) atoms. The molecule has 3 rings (SSSR count). The van der Waals surface area contributed by atoms with Crippen molar-refractivity contribution in [1.29, 1.82) is 0 Å². The van der Waals surface area contributed by atoms with Crippen LogP contribution in [0.25, 0.3) is 0 Å². The summed E-state index contributed by atoms with van der Waals surface area (Å²) < 4.78 is 0. The Bertz CT molecular complexity index is 786. The molecule has 0 radical (unpaired) electrons. The zero-order valence-electron chi connectivity index (χ0n) is 16.2. The van der Waals surface area contributed by atoms with E-state index in [2.05, 4.69) is 15.2 Å². The van der Waals surface area contributed by atoms with Gasteiger partial charge in [-0.05, 0) is 24.6 Å². The molecule has 2 aromatic rings. The number of amides is 2. The maximum atomic E-state index is 12.4. The van der Waals surface area contributed by atoms with Gasteiger partial charge in [-0.25, -0.2) is 4.98 Å². The van der Waals surface area contributed by atoms with Crippen LogP contribution in [0.3, 0.4) is 0 Å². The molecule has 1 unspecified atom stereocenters. The smallest absolute Gasteiger partial charge is 0.241 e. The molecule has 1 fully saturated rings. The van der Waals surface area contributed by atoms with Gasteiger partial charge in [-0.1, -0.05) is 35.9 Å². The SMILES string of the molecule is Cc1ccc(C(N)C(=O)NCCC(=O)N2CCN(c3ccccn3)CC2)cc1. The average Bonchev–Trinajstić information content (AvgIpc) is 2.74. The summed E-state index contributed by atoms with van der Waals surface area (Å²) in [7, 11) is 0. The summed E-state index contributed by atoms with van der Waals surface area (Å²) in [6.07, 6.45) is 2.05. The standard InChI is InChI=1S/C21H27N5O2/c1-16-5-7-17(8-6-16)20(22)21(28)24-11-9-19(27)26-14-12-25(13-15-26)18-4-2-3-10-23-18/h2-8,10,20H,9,11-15,22H2,1H3,(H,24,28). The highest BCUT2D eigenvalue weighted by Gasteiger charge is 2.22. The number of piperazine rings is 1. The Morgan fingerprint density at radius 2 is 1.82 bits per heavy atom. The Kier molecular flexibility index (Phi) is 6.60. The van der Waals surface area contributed by atoms with Crippen LogP contribution in [-0.4, -0.2) is 54.4 Å². The summed E-state index contributed by atoms with van der Waals surface area (Å²) in [5.74, 6) is 0.716. The van der Waals surface area contributed by atoms with Crippen LogP contribution < -0.4 is 16.0 Å². The first-order valence-electron chi connectivity index (χ1n) is 9.58. The van der Waals surface area contributed by atoms with Gasteiger partial charge in [0.25, 0.3) is 0 Å². The van der Waals surface area contributed by atoms with Gasteiger partial charge in [-0.3, -0.25) is 9.59 Å². The number of nitrogens with one attached hydrogen (secondary N) is 1. The van der Waals surface area contributed by atoms with Gasteiger partial charge in [0.15, 0.2) is 0 Å². The predicted molar refractivity (Wildman–Crippen MR) is 109 cm³/mol. The molecule has 0 spiro atoms. The normalized spacial score (nSPS) is 15.2. The van der Waals surface area contributed by atoms with Crippen molar-refractivity contribution in [3.63, 3.8) is 0 Å². The lowest BCUT2D eigenvalue weighted by Gasteiger charge is -2.35. The van der Waals surface area contributed by atoms with Gasteiger partial charge in [0, 0.05) is 45.3 Å². The summed E-state index contributed by atoms with van der Waals surface area (Å²) in [4.78, 5) is 33.0. The third-order valence-corrected chi connectivity index (χ3v) is 4.96. The van der Waals surface area contributed by atoms with Crippen LogP contribution in [-0.2, 0) is 9.59 Å². The van der Waals surface area contributed by atoms with Gasteiger partial charge >= 0.3 is 0 Å². The van der Waals surface area contributed by atoms with E-state index in [1.54, 1.807) is 6.20 Å². The monoisotopic (exact) mass is 381 g/mol. The fourth-order valence-corrected chi connectivity index (χ4v) is 3.21. The lowest BCUT2D eigenvalue weighted by Crippen LogP contribution is -2.49. The molecule has 7 nitrogen and oxygen atoms in total. The van der Waals surface area contributed by atoms with Gasteiger partial charge in [0.05, 0.1) is 0 Å². The first-order chi connectivity index (χ1) is 13.5. The van der Waals surface area contributed by atoms with Crippen LogP contribution in [0.15, 0.2) is 48.7 Å². The molecule has 1 aromatic carbocycles. The second-order valence-corrected chi connectivity index (χ2v) is 6.99. The Hall–Kier alpha value is -2.93. The third kappa shape index (κ3) is 5.07. The van der Waals surface area contributed by atoms with E-state index >= 15 is 0 Å². The van der Waals surface area contributed by atoms with E-state index in [0.717, 1.165) is 30.0 Å². The Morgan fingerprint density at radius 1 is 1.11 bits per heavy atom. The molecular weight excluding hydrogens is 354 g/mol. The van der Waals surface area contributed by atoms with Gasteiger partial charge < -0.3 is 20.9 Å². The minimum Gasteiger partial charge on any atom is -0.354 e. The number of pyridine rings is 1. The Balaban J connectivity index is 1.40. The van der Waals surface area contributed by atoms with Crippen molar-refractivity contribution < 1.29 is 9.59 Å². The van der Waals surface area contributed by atoms with E-state index in [1.807, 2.05) is 54.3 Å². The Labute approximate surface area is 165 Å². The van der Waals surface area contributed by atoms with E-state index in [4.69, 9.17) is 5.73 Å². The molecule has 1 aromatic heterocycles. The van der Waals surface area contributed by atoms with Gasteiger partial charge in [-0.2, -0.15) is 0 Å². The van der Waals surface area contributed by atoms with Gasteiger partial charge in [0.2, 0.25) is 11.8 Å². The number of carbonyl (C=O) groups excluding carboxylic acids is 2. The molecule has 7 heteroatoms. The lowest BCUT2D eigenvalue weighted by atomic mass is 10.1. The fourth-order valence-electron chi connectivity index (χ4n) is 3.21. The maximum absolute atomic E-state index is 12.4. The number of anilines is 1. The highest BCUT2D eigenvalue weighted by molar-refractivity contribution is 5.83. The van der Waals surface area contributed by atoms with Crippen LogP contribution in [0.1, 0.15) is 23.6 Å². The number of carbonyl (C=O) groups is 2. The van der Waals surface area contributed by atoms with Crippen LogP contribution in [0.2, 0.25) is 0 Å². The lowest BCUT2D eigenvalue weighted by molar-refractivity contribution is -0.131. The zero-order chi connectivity index (χ0) is 19.9. The molecule has 2 heterocycles. The summed E-state index contributed by atoms with van der Waals surface area (Å²) in [6, 6.07) is 12.7. The first-order valence-corrected chi connectivity index (χ1v) is 9.58. The van der Waals surface area contributed by atoms with Crippen LogP contribution in [0.5, 0.6) is 0 Å². The van der Waals surface area contributed by atoms with Crippen LogP contribution >= 0.6 is 0 Å². The maximum Gasteiger partial charge on any atom is 0.241 e. The quantitative estimate of drug-likeness (QED) is 0.786. The van der Waals surface area contributed by atoms with Gasteiger partial charge in [0.1, 0.15) is 11.9 Å². The van der Waals surface area contributed by atoms with Gasteiger partial charge in [-0.15, -0.1) is 0 Å². The first kappa shape index (κ1) is 19.8. The largest absolute Gasteiger partial charge is 0.354 e. The number of rotatable bonds is 6. The van der Waals surface area contributed by atoms with Crippen molar-refractivity contribution in [1.82, 2.24) is 15.2 Å². The molecule has 1 aliphatic heterocycles. The number of benzene rings is 1. The van der Waals surface area contributed by atoms with Crippen molar-refractivity contribution in [3.8, 4) is 0 Å². The number of aryl methyl sites for hydroxylation is 1. The summed E-state index contributed by atoms with van der Waals surface area (Å²) >= 11 is 0. The molecule has 0 bridgehead atoms. The molecule has 148 valence electrons. The van der Waals surface area contributed by atoms with E-state index < -0.39 is 6.04 Å². The fraction of sp³-hybridized carbons (Fsp3) is 0.381. The van der Waals surface area contributed by atoms with E-state index in [0.29, 0.717) is 13.1 Å². The number of hydrogen-bond acceptors (Lipinski definition) is 5. The van der Waals surface area contributed by atoms with E-state index in [-0.39, 0.29) is 24.8 Å². The highest BCUT2D eigenvalue weighted by atomic mass is 16.2. The molecule has 0 aliphatic carbocycles. The Morgan fingerprint density at radius 3 is 2.46 bits per heavy atom. The molecule has 3 N–H and O–H groups in total. The molecule has 1 saturated heterocycles. The molecule has 1 aliphatic rings. The van der Waals surface area contributed by atoms with Crippen molar-refractivity contribution in [3.05, 3.63) is 59.8 Å². The highest BCUT2D eigenvalue weighted by Crippen LogP contribution is 2.13. The molecule has 1 atom stereocenters. The second kappa shape index (κ2) is 9.32. The van der Waals surface area contributed by atoms with Crippen LogP contribution in [0, 0.1) is 6.92 Å².